The van der Waals surface area contributed by atoms with E-state index in [1.165, 1.54) is 5.39 Å². The summed E-state index contributed by atoms with van der Waals surface area (Å²) in [5.41, 5.74) is 7.00. The lowest BCUT2D eigenvalue weighted by Crippen LogP contribution is -2.09. The zero-order valence-corrected chi connectivity index (χ0v) is 9.58. The highest BCUT2D eigenvalue weighted by atomic mass is 35.5. The third-order valence-corrected chi connectivity index (χ3v) is 2.53. The summed E-state index contributed by atoms with van der Waals surface area (Å²) in [6, 6.07) is 16.0. The lowest BCUT2D eigenvalue weighted by Gasteiger charge is -2.11. The van der Waals surface area contributed by atoms with Crippen LogP contribution >= 0.6 is 12.4 Å². The van der Waals surface area contributed by atoms with Crippen LogP contribution in [0.4, 0.5) is 0 Å². The van der Waals surface area contributed by atoms with Crippen LogP contribution in [0.3, 0.4) is 0 Å². The number of nitrogens with two attached hydrogens (primary N) is 1. The van der Waals surface area contributed by atoms with Crippen LogP contribution in [0.25, 0.3) is 10.8 Å². The van der Waals surface area contributed by atoms with Gasteiger partial charge in [-0.3, -0.25) is 0 Å². The smallest absolute Gasteiger partial charge is 0.0641 e. The zero-order chi connectivity index (χ0) is 10.7. The molecule has 0 aliphatic carbocycles. The second kappa shape index (κ2) is 5.50. The zero-order valence-electron chi connectivity index (χ0n) is 8.76. The quantitative estimate of drug-likeness (QED) is 0.865. The fourth-order valence-corrected chi connectivity index (χ4v) is 1.78. The van der Waals surface area contributed by atoms with Crippen LogP contribution in [-0.2, 0) is 0 Å². The maximum atomic E-state index is 8.64. The van der Waals surface area contributed by atoms with Gasteiger partial charge in [0.2, 0.25) is 0 Å². The van der Waals surface area contributed by atoms with Crippen LogP contribution in [0, 0.1) is 11.3 Å². The molecule has 0 spiro atoms. The Morgan fingerprint density at radius 3 is 2.56 bits per heavy atom. The number of fused-ring (bicyclic) bond motifs is 1. The second-order valence-corrected chi connectivity index (χ2v) is 3.54. The Morgan fingerprint density at radius 2 is 1.81 bits per heavy atom. The van der Waals surface area contributed by atoms with Gasteiger partial charge in [-0.2, -0.15) is 5.26 Å². The van der Waals surface area contributed by atoms with Crippen molar-refractivity contribution in [1.82, 2.24) is 0 Å². The first kappa shape index (κ1) is 12.5. The molecule has 0 unspecified atom stereocenters. The van der Waals surface area contributed by atoms with Gasteiger partial charge in [0.1, 0.15) is 0 Å². The molecule has 82 valence electrons. The molecular formula is C13H13ClN2. The summed E-state index contributed by atoms with van der Waals surface area (Å²) in [5, 5.41) is 11.0. The van der Waals surface area contributed by atoms with Crippen molar-refractivity contribution >= 4 is 23.2 Å². The first-order valence-electron chi connectivity index (χ1n) is 4.93. The van der Waals surface area contributed by atoms with Crippen molar-refractivity contribution in [2.45, 2.75) is 12.5 Å². The highest BCUT2D eigenvalue weighted by Crippen LogP contribution is 2.24. The number of rotatable bonds is 2. The molecule has 16 heavy (non-hydrogen) atoms. The van der Waals surface area contributed by atoms with E-state index in [9.17, 15) is 0 Å². The molecule has 2 aromatic rings. The van der Waals surface area contributed by atoms with Gasteiger partial charge in [-0.1, -0.05) is 42.5 Å². The molecule has 0 heterocycles. The molecule has 2 aromatic carbocycles. The summed E-state index contributed by atoms with van der Waals surface area (Å²) in [4.78, 5) is 0. The van der Waals surface area contributed by atoms with Gasteiger partial charge in [0.05, 0.1) is 12.5 Å². The average molecular weight is 233 g/mol. The number of hydrogen-bond acceptors (Lipinski definition) is 2. The topological polar surface area (TPSA) is 49.8 Å². The van der Waals surface area contributed by atoms with Crippen LogP contribution in [0.2, 0.25) is 0 Å². The third kappa shape index (κ3) is 2.33. The Morgan fingerprint density at radius 1 is 1.12 bits per heavy atom. The van der Waals surface area contributed by atoms with Crippen molar-refractivity contribution in [3.63, 3.8) is 0 Å². The van der Waals surface area contributed by atoms with Crippen LogP contribution in [0.5, 0.6) is 0 Å². The summed E-state index contributed by atoms with van der Waals surface area (Å²) in [6.07, 6.45) is 0.355. The van der Waals surface area contributed by atoms with E-state index >= 15 is 0 Å². The average Bonchev–Trinajstić information content (AvgIpc) is 2.28. The number of halogens is 1. The molecule has 0 aromatic heterocycles. The lowest BCUT2D eigenvalue weighted by atomic mass is 9.98. The number of nitriles is 1. The van der Waals surface area contributed by atoms with Gasteiger partial charge >= 0.3 is 0 Å². The number of nitrogens with zero attached hydrogens (tertiary/aromatic N) is 1. The molecule has 0 fully saturated rings. The first-order chi connectivity index (χ1) is 7.33. The molecule has 0 radical (unpaired) electrons. The largest absolute Gasteiger partial charge is 0.323 e. The fourth-order valence-electron chi connectivity index (χ4n) is 1.78. The summed E-state index contributed by atoms with van der Waals surface area (Å²) in [6.45, 7) is 0. The molecule has 0 amide bonds. The van der Waals surface area contributed by atoms with Gasteiger partial charge in [0.25, 0.3) is 0 Å². The number of hydrogen-bond donors (Lipinski definition) is 1. The van der Waals surface area contributed by atoms with Crippen LogP contribution < -0.4 is 5.73 Å². The molecule has 0 saturated heterocycles. The van der Waals surface area contributed by atoms with Gasteiger partial charge in [0, 0.05) is 6.04 Å². The SMILES string of the molecule is Cl.N#CC[C@@H](N)c1cccc2ccccc12. The minimum Gasteiger partial charge on any atom is -0.323 e. The van der Waals surface area contributed by atoms with Crippen molar-refractivity contribution in [1.29, 1.82) is 5.26 Å². The van der Waals surface area contributed by atoms with Gasteiger partial charge in [-0.25, -0.2) is 0 Å². The minimum atomic E-state index is -0.193. The molecule has 0 aliphatic rings. The monoisotopic (exact) mass is 232 g/mol. The summed E-state index contributed by atoms with van der Waals surface area (Å²) in [5.74, 6) is 0. The van der Waals surface area contributed by atoms with Crippen LogP contribution in [-0.4, -0.2) is 0 Å². The number of benzene rings is 2. The summed E-state index contributed by atoms with van der Waals surface area (Å²) < 4.78 is 0. The molecule has 2 N–H and O–H groups in total. The molecule has 3 heteroatoms. The van der Waals surface area contributed by atoms with E-state index in [0.29, 0.717) is 6.42 Å². The van der Waals surface area contributed by atoms with E-state index in [2.05, 4.69) is 18.2 Å². The van der Waals surface area contributed by atoms with Gasteiger partial charge in [-0.05, 0) is 16.3 Å². The summed E-state index contributed by atoms with van der Waals surface area (Å²) >= 11 is 0. The fraction of sp³-hybridized carbons (Fsp3) is 0.154. The van der Waals surface area contributed by atoms with Crippen molar-refractivity contribution in [2.24, 2.45) is 5.73 Å². The van der Waals surface area contributed by atoms with Crippen molar-refractivity contribution in [3.05, 3.63) is 48.0 Å². The minimum absolute atomic E-state index is 0. The molecule has 2 rings (SSSR count). The third-order valence-electron chi connectivity index (χ3n) is 2.53. The first-order valence-corrected chi connectivity index (χ1v) is 4.93. The van der Waals surface area contributed by atoms with Gasteiger partial charge < -0.3 is 5.73 Å². The normalized spacial score (nSPS) is 11.5. The lowest BCUT2D eigenvalue weighted by molar-refractivity contribution is 0.755. The Bertz CT molecular complexity index is 511. The maximum Gasteiger partial charge on any atom is 0.0641 e. The predicted octanol–water partition coefficient (Wildman–Crippen LogP) is 3.18. The van der Waals surface area contributed by atoms with Crippen molar-refractivity contribution in [2.75, 3.05) is 0 Å². The van der Waals surface area contributed by atoms with Crippen LogP contribution in [0.15, 0.2) is 42.5 Å². The van der Waals surface area contributed by atoms with E-state index in [0.717, 1.165) is 10.9 Å². The van der Waals surface area contributed by atoms with Crippen LogP contribution in [0.1, 0.15) is 18.0 Å². The van der Waals surface area contributed by atoms with Crippen molar-refractivity contribution < 1.29 is 0 Å². The standard InChI is InChI=1S/C13H12N2.ClH/c14-9-8-13(15)12-7-3-5-10-4-1-2-6-11(10)12;/h1-7,13H,8,15H2;1H/t13-;/m1./s1. The van der Waals surface area contributed by atoms with E-state index < -0.39 is 0 Å². The van der Waals surface area contributed by atoms with E-state index in [4.69, 9.17) is 11.0 Å². The maximum absolute atomic E-state index is 8.64. The Kier molecular flexibility index (Phi) is 4.30. The highest BCUT2D eigenvalue weighted by molar-refractivity contribution is 5.86. The Balaban J connectivity index is 0.00000128. The molecule has 0 bridgehead atoms. The molecule has 0 aliphatic heterocycles. The molecule has 1 atom stereocenters. The predicted molar refractivity (Wildman–Crippen MR) is 68.4 cm³/mol. The summed E-state index contributed by atoms with van der Waals surface area (Å²) in [7, 11) is 0. The molecular weight excluding hydrogens is 220 g/mol. The van der Waals surface area contributed by atoms with E-state index in [-0.39, 0.29) is 18.4 Å². The van der Waals surface area contributed by atoms with Crippen molar-refractivity contribution in [3.8, 4) is 6.07 Å². The Hall–Kier alpha value is -1.56. The molecule has 0 saturated carbocycles. The molecule has 2 nitrogen and oxygen atoms in total. The Labute approximate surface area is 101 Å². The highest BCUT2D eigenvalue weighted by Gasteiger charge is 2.08. The van der Waals surface area contributed by atoms with E-state index in [1.54, 1.807) is 0 Å². The second-order valence-electron chi connectivity index (χ2n) is 3.54. The van der Waals surface area contributed by atoms with E-state index in [1.807, 2.05) is 30.3 Å². The van der Waals surface area contributed by atoms with Gasteiger partial charge in [-0.15, -0.1) is 12.4 Å². The van der Waals surface area contributed by atoms with Gasteiger partial charge in [0.15, 0.2) is 0 Å².